The lowest BCUT2D eigenvalue weighted by Crippen LogP contribution is -2.53. The topological polar surface area (TPSA) is 85.2 Å². The van der Waals surface area contributed by atoms with Crippen LogP contribution in [0.15, 0.2) is 24.3 Å². The van der Waals surface area contributed by atoms with Gasteiger partial charge >= 0.3 is 6.03 Å². The van der Waals surface area contributed by atoms with Gasteiger partial charge in [0.1, 0.15) is 11.3 Å². The van der Waals surface area contributed by atoms with Crippen LogP contribution in [0.1, 0.15) is 38.4 Å². The van der Waals surface area contributed by atoms with Crippen molar-refractivity contribution in [3.05, 3.63) is 30.1 Å². The Kier molecular flexibility index (Phi) is 5.11. The number of nitrogens with zero attached hydrogens (tertiary/aromatic N) is 5. The number of benzene rings is 1. The number of methoxy groups -OCH3 is 1. The lowest BCUT2D eigenvalue weighted by molar-refractivity contribution is 0.0732. The molecule has 3 rings (SSSR count). The molecule has 0 atom stereocenters. The van der Waals surface area contributed by atoms with Crippen molar-refractivity contribution in [2.75, 3.05) is 21.2 Å². The molecule has 1 aromatic carbocycles. The fourth-order valence-electron chi connectivity index (χ4n) is 3.69. The second-order valence-corrected chi connectivity index (χ2v) is 6.94. The van der Waals surface area contributed by atoms with Gasteiger partial charge < -0.3 is 15.0 Å². The summed E-state index contributed by atoms with van der Waals surface area (Å²) in [5.74, 6) is 2.10. The van der Waals surface area contributed by atoms with Gasteiger partial charge in [-0.15, -0.1) is 5.10 Å². The second kappa shape index (κ2) is 7.31. The molecule has 1 fully saturated rings. The molecule has 0 saturated heterocycles. The third kappa shape index (κ3) is 3.11. The Hall–Kier alpha value is -2.64. The van der Waals surface area contributed by atoms with Gasteiger partial charge in [-0.05, 0) is 66.3 Å². The quantitative estimate of drug-likeness (QED) is 0.907. The van der Waals surface area contributed by atoms with Crippen molar-refractivity contribution in [1.29, 1.82) is 0 Å². The first-order valence-corrected chi connectivity index (χ1v) is 8.90. The van der Waals surface area contributed by atoms with Gasteiger partial charge in [0.2, 0.25) is 0 Å². The number of urea groups is 1. The Labute approximate surface area is 153 Å². The molecule has 0 bridgehead atoms. The van der Waals surface area contributed by atoms with Crippen molar-refractivity contribution in [1.82, 2.24) is 30.4 Å². The van der Waals surface area contributed by atoms with Crippen LogP contribution in [0.4, 0.5) is 4.79 Å². The number of rotatable bonds is 4. The normalized spacial score (nSPS) is 22.7. The van der Waals surface area contributed by atoms with Gasteiger partial charge in [0.25, 0.3) is 0 Å². The smallest absolute Gasteiger partial charge is 0.317 e. The summed E-state index contributed by atoms with van der Waals surface area (Å²) in [4.78, 5) is 14.2. The predicted octanol–water partition coefficient (Wildman–Crippen LogP) is 2.35. The van der Waals surface area contributed by atoms with E-state index in [-0.39, 0.29) is 6.03 Å². The Morgan fingerprint density at radius 2 is 1.96 bits per heavy atom. The van der Waals surface area contributed by atoms with E-state index in [2.05, 4.69) is 27.8 Å². The van der Waals surface area contributed by atoms with E-state index in [0.717, 1.165) is 37.1 Å². The highest BCUT2D eigenvalue weighted by atomic mass is 16.5. The summed E-state index contributed by atoms with van der Waals surface area (Å²) in [6, 6.07) is 7.44. The van der Waals surface area contributed by atoms with E-state index in [1.807, 2.05) is 31.3 Å². The minimum atomic E-state index is -0.532. The molecule has 2 amide bonds. The number of tetrazole rings is 1. The van der Waals surface area contributed by atoms with Crippen LogP contribution in [0.3, 0.4) is 0 Å². The van der Waals surface area contributed by atoms with Gasteiger partial charge in [0, 0.05) is 14.1 Å². The van der Waals surface area contributed by atoms with Gasteiger partial charge in [0.05, 0.1) is 12.8 Å². The molecule has 0 aliphatic heterocycles. The maximum Gasteiger partial charge on any atom is 0.317 e. The van der Waals surface area contributed by atoms with Crippen LogP contribution < -0.4 is 10.1 Å². The van der Waals surface area contributed by atoms with Crippen molar-refractivity contribution < 1.29 is 9.53 Å². The van der Waals surface area contributed by atoms with Crippen molar-refractivity contribution in [2.24, 2.45) is 5.92 Å². The fraction of sp³-hybridized carbons (Fsp3) is 0.556. The van der Waals surface area contributed by atoms with E-state index in [1.54, 1.807) is 23.7 Å². The first kappa shape index (κ1) is 18.2. The summed E-state index contributed by atoms with van der Waals surface area (Å²) >= 11 is 0. The first-order chi connectivity index (χ1) is 12.5. The van der Waals surface area contributed by atoms with Crippen LogP contribution in [-0.4, -0.2) is 52.3 Å². The molecule has 0 unspecified atom stereocenters. The predicted molar refractivity (Wildman–Crippen MR) is 97.2 cm³/mol. The summed E-state index contributed by atoms with van der Waals surface area (Å²) in [6.07, 6.45) is 3.71. The van der Waals surface area contributed by atoms with Gasteiger partial charge in [0.15, 0.2) is 5.82 Å². The van der Waals surface area contributed by atoms with E-state index in [4.69, 9.17) is 4.74 Å². The Morgan fingerprint density at radius 3 is 2.54 bits per heavy atom. The average Bonchev–Trinajstić information content (AvgIpc) is 3.18. The number of hydrogen-bond donors (Lipinski definition) is 1. The van der Waals surface area contributed by atoms with Gasteiger partial charge in [-0.25, -0.2) is 4.79 Å². The molecule has 1 aromatic heterocycles. The van der Waals surface area contributed by atoms with Gasteiger partial charge in [-0.2, -0.15) is 4.68 Å². The number of carbonyl (C=O) groups excluding carboxylic acids is 1. The maximum atomic E-state index is 12.4. The largest absolute Gasteiger partial charge is 0.497 e. The lowest BCUT2D eigenvalue weighted by Gasteiger charge is -2.44. The number of amides is 2. The standard InChI is InChI=1S/C18H26N6O2/c1-13-9-11-18(12-10-13,23(3)17(25)19-2)16-20-21-22-24(16)14-5-7-15(26-4)8-6-14/h5-8,13H,9-12H2,1-4H3,(H,19,25). The van der Waals surface area contributed by atoms with Crippen LogP contribution in [0.25, 0.3) is 5.69 Å². The van der Waals surface area contributed by atoms with Gasteiger partial charge in [-0.3, -0.25) is 0 Å². The zero-order valence-corrected chi connectivity index (χ0v) is 15.8. The van der Waals surface area contributed by atoms with Crippen LogP contribution >= 0.6 is 0 Å². The molecule has 140 valence electrons. The van der Waals surface area contributed by atoms with Crippen molar-refractivity contribution >= 4 is 6.03 Å². The molecular weight excluding hydrogens is 332 g/mol. The molecule has 0 spiro atoms. The van der Waals surface area contributed by atoms with Crippen LogP contribution in [0.2, 0.25) is 0 Å². The Bertz CT molecular complexity index is 749. The van der Waals surface area contributed by atoms with Gasteiger partial charge in [-0.1, -0.05) is 6.92 Å². The van der Waals surface area contributed by atoms with Crippen molar-refractivity contribution in [3.8, 4) is 11.4 Å². The number of nitrogens with one attached hydrogen (secondary N) is 1. The number of carbonyl (C=O) groups is 1. The number of aromatic nitrogens is 4. The molecule has 1 N–H and O–H groups in total. The van der Waals surface area contributed by atoms with E-state index in [0.29, 0.717) is 11.7 Å². The third-order valence-electron chi connectivity index (χ3n) is 5.46. The van der Waals surface area contributed by atoms with E-state index in [1.165, 1.54) is 0 Å². The summed E-state index contributed by atoms with van der Waals surface area (Å²) < 4.78 is 6.96. The zero-order valence-electron chi connectivity index (χ0n) is 15.8. The highest BCUT2D eigenvalue weighted by Gasteiger charge is 2.45. The molecule has 1 saturated carbocycles. The van der Waals surface area contributed by atoms with Crippen molar-refractivity contribution in [3.63, 3.8) is 0 Å². The number of ether oxygens (including phenoxy) is 1. The van der Waals surface area contributed by atoms with E-state index in [9.17, 15) is 4.79 Å². The molecule has 1 aliphatic rings. The molecule has 2 aromatic rings. The molecule has 26 heavy (non-hydrogen) atoms. The molecule has 1 aliphatic carbocycles. The molecule has 8 heteroatoms. The Morgan fingerprint density at radius 1 is 1.31 bits per heavy atom. The van der Waals surface area contributed by atoms with Crippen LogP contribution in [-0.2, 0) is 5.54 Å². The summed E-state index contributed by atoms with van der Waals surface area (Å²) in [5, 5.41) is 15.2. The van der Waals surface area contributed by atoms with Crippen LogP contribution in [0, 0.1) is 5.92 Å². The minimum absolute atomic E-state index is 0.135. The fourth-order valence-corrected chi connectivity index (χ4v) is 3.69. The number of hydrogen-bond acceptors (Lipinski definition) is 5. The van der Waals surface area contributed by atoms with E-state index >= 15 is 0 Å². The van der Waals surface area contributed by atoms with E-state index < -0.39 is 5.54 Å². The molecule has 1 heterocycles. The average molecular weight is 358 g/mol. The van der Waals surface area contributed by atoms with Crippen LogP contribution in [0.5, 0.6) is 5.75 Å². The maximum absolute atomic E-state index is 12.4. The summed E-state index contributed by atoms with van der Waals surface area (Å²) in [5.41, 5.74) is 0.310. The minimum Gasteiger partial charge on any atom is -0.497 e. The monoisotopic (exact) mass is 358 g/mol. The SMILES string of the molecule is CNC(=O)N(C)C1(c2nnnn2-c2ccc(OC)cc2)CCC(C)CC1. The molecular formula is C18H26N6O2. The molecule has 8 nitrogen and oxygen atoms in total. The second-order valence-electron chi connectivity index (χ2n) is 6.94. The zero-order chi connectivity index (χ0) is 18.7. The summed E-state index contributed by atoms with van der Waals surface area (Å²) in [6.45, 7) is 2.25. The first-order valence-electron chi connectivity index (χ1n) is 8.90. The Balaban J connectivity index is 2.05. The lowest BCUT2D eigenvalue weighted by atomic mass is 9.75. The highest BCUT2D eigenvalue weighted by molar-refractivity contribution is 5.74. The third-order valence-corrected chi connectivity index (χ3v) is 5.46. The van der Waals surface area contributed by atoms with Crippen molar-refractivity contribution in [2.45, 2.75) is 38.1 Å². The summed E-state index contributed by atoms with van der Waals surface area (Å²) in [7, 11) is 5.10. The molecule has 0 radical (unpaired) electrons. The highest BCUT2D eigenvalue weighted by Crippen LogP contribution is 2.43.